The van der Waals surface area contributed by atoms with Crippen LogP contribution in [0.4, 0.5) is 0 Å². The largest absolute Gasteiger partial charge is 0.328 e. The van der Waals surface area contributed by atoms with Crippen molar-refractivity contribution in [2.24, 2.45) is 11.7 Å². The molecule has 2 N–H and O–H groups in total. The lowest BCUT2D eigenvalue weighted by atomic mass is 10.0. The van der Waals surface area contributed by atoms with Gasteiger partial charge in [0.15, 0.2) is 0 Å². The molecule has 18 heavy (non-hydrogen) atoms. The van der Waals surface area contributed by atoms with Gasteiger partial charge in [-0.25, -0.2) is 12.7 Å². The molecule has 2 atom stereocenters. The zero-order chi connectivity index (χ0) is 13.3. The van der Waals surface area contributed by atoms with E-state index in [2.05, 4.69) is 11.8 Å². The summed E-state index contributed by atoms with van der Waals surface area (Å²) in [6, 6.07) is 0.817. The molecule has 0 amide bonds. The van der Waals surface area contributed by atoms with Crippen LogP contribution in [0.1, 0.15) is 26.2 Å². The zero-order valence-corrected chi connectivity index (χ0v) is 12.2. The Morgan fingerprint density at radius 2 is 1.78 bits per heavy atom. The molecule has 106 valence electrons. The summed E-state index contributed by atoms with van der Waals surface area (Å²) in [6.45, 7) is 5.63. The summed E-state index contributed by atoms with van der Waals surface area (Å²) in [5, 5.41) is 0. The number of hydrogen-bond acceptors (Lipinski definition) is 4. The lowest BCUT2D eigenvalue weighted by molar-refractivity contribution is 0.162. The summed E-state index contributed by atoms with van der Waals surface area (Å²) in [5.41, 5.74) is 5.95. The van der Waals surface area contributed by atoms with Crippen molar-refractivity contribution < 1.29 is 8.42 Å². The molecule has 5 nitrogen and oxygen atoms in total. The van der Waals surface area contributed by atoms with Crippen molar-refractivity contribution in [1.29, 1.82) is 0 Å². The van der Waals surface area contributed by atoms with E-state index in [1.54, 1.807) is 4.31 Å². The van der Waals surface area contributed by atoms with E-state index in [1.807, 2.05) is 0 Å². The molecule has 2 unspecified atom stereocenters. The molecule has 0 spiro atoms. The fourth-order valence-corrected chi connectivity index (χ4v) is 3.99. The van der Waals surface area contributed by atoms with Crippen molar-refractivity contribution in [2.45, 2.75) is 38.3 Å². The van der Waals surface area contributed by atoms with Gasteiger partial charge in [-0.1, -0.05) is 0 Å². The number of rotatable bonds is 3. The fourth-order valence-electron chi connectivity index (χ4n) is 3.12. The van der Waals surface area contributed by atoms with Crippen molar-refractivity contribution in [1.82, 2.24) is 9.21 Å². The molecule has 0 aromatic rings. The van der Waals surface area contributed by atoms with E-state index in [0.29, 0.717) is 25.0 Å². The molecule has 6 heteroatoms. The van der Waals surface area contributed by atoms with Crippen molar-refractivity contribution in [2.75, 3.05) is 32.4 Å². The molecule has 0 radical (unpaired) electrons. The van der Waals surface area contributed by atoms with Crippen molar-refractivity contribution in [3.8, 4) is 0 Å². The SMILES string of the molecule is CC(N)C1CCN(C2CCN(S(C)(=O)=O)CC2)C1. The molecule has 2 saturated heterocycles. The van der Waals surface area contributed by atoms with Crippen molar-refractivity contribution in [3.63, 3.8) is 0 Å². The van der Waals surface area contributed by atoms with E-state index >= 15 is 0 Å². The first kappa shape index (κ1) is 14.2. The van der Waals surface area contributed by atoms with Gasteiger partial charge in [-0.2, -0.15) is 0 Å². The first-order valence-corrected chi connectivity index (χ1v) is 8.67. The highest BCUT2D eigenvalue weighted by molar-refractivity contribution is 7.88. The smallest absolute Gasteiger partial charge is 0.211 e. The first-order valence-electron chi connectivity index (χ1n) is 6.82. The highest BCUT2D eigenvalue weighted by Crippen LogP contribution is 2.26. The summed E-state index contributed by atoms with van der Waals surface area (Å²) in [6.07, 6.45) is 4.40. The lowest BCUT2D eigenvalue weighted by Crippen LogP contribution is -2.46. The first-order chi connectivity index (χ1) is 8.38. The van der Waals surface area contributed by atoms with Crippen molar-refractivity contribution >= 4 is 10.0 Å². The maximum Gasteiger partial charge on any atom is 0.211 e. The van der Waals surface area contributed by atoms with Gasteiger partial charge in [-0.05, 0) is 38.6 Å². The van der Waals surface area contributed by atoms with Gasteiger partial charge in [0, 0.05) is 31.7 Å². The van der Waals surface area contributed by atoms with Crippen LogP contribution < -0.4 is 5.73 Å². The molecule has 0 aromatic heterocycles. The third-order valence-corrected chi connectivity index (χ3v) is 5.71. The molecule has 2 rings (SSSR count). The standard InChI is InChI=1S/C12H25N3O2S/c1-10(13)11-3-6-14(9-11)12-4-7-15(8-5-12)18(2,16)17/h10-12H,3-9,13H2,1-2H3. The van der Waals surface area contributed by atoms with E-state index in [1.165, 1.54) is 12.7 Å². The van der Waals surface area contributed by atoms with E-state index in [0.717, 1.165) is 25.9 Å². The Kier molecular flexibility index (Phi) is 4.31. The van der Waals surface area contributed by atoms with Gasteiger partial charge in [0.25, 0.3) is 0 Å². The number of nitrogens with two attached hydrogens (primary N) is 1. The Hall–Kier alpha value is -0.170. The van der Waals surface area contributed by atoms with Crippen LogP contribution in [0, 0.1) is 5.92 Å². The van der Waals surface area contributed by atoms with Crippen LogP contribution >= 0.6 is 0 Å². The maximum atomic E-state index is 11.5. The Balaban J connectivity index is 1.84. The molecular formula is C12H25N3O2S. The second kappa shape index (κ2) is 5.45. The summed E-state index contributed by atoms with van der Waals surface area (Å²) < 4.78 is 24.5. The van der Waals surface area contributed by atoms with Gasteiger partial charge < -0.3 is 5.73 Å². The summed E-state index contributed by atoms with van der Waals surface area (Å²) in [7, 11) is -3.00. The maximum absolute atomic E-state index is 11.5. The van der Waals surface area contributed by atoms with Gasteiger partial charge in [0.05, 0.1) is 6.26 Å². The quantitative estimate of drug-likeness (QED) is 0.792. The minimum atomic E-state index is -3.00. The predicted molar refractivity (Wildman–Crippen MR) is 72.8 cm³/mol. The Morgan fingerprint density at radius 3 is 2.22 bits per heavy atom. The molecule has 2 heterocycles. The Bertz CT molecular complexity index is 375. The van der Waals surface area contributed by atoms with Gasteiger partial charge in [-0.3, -0.25) is 4.90 Å². The fraction of sp³-hybridized carbons (Fsp3) is 1.00. The van der Waals surface area contributed by atoms with Gasteiger partial charge in [0.1, 0.15) is 0 Å². The Morgan fingerprint density at radius 1 is 1.17 bits per heavy atom. The lowest BCUT2D eigenvalue weighted by Gasteiger charge is -2.35. The Labute approximate surface area is 110 Å². The number of sulfonamides is 1. The van der Waals surface area contributed by atoms with E-state index in [9.17, 15) is 8.42 Å². The average Bonchev–Trinajstić information content (AvgIpc) is 2.77. The minimum absolute atomic E-state index is 0.270. The minimum Gasteiger partial charge on any atom is -0.328 e. The molecule has 0 saturated carbocycles. The van der Waals surface area contributed by atoms with Gasteiger partial charge in [0.2, 0.25) is 10.0 Å². The summed E-state index contributed by atoms with van der Waals surface area (Å²) >= 11 is 0. The molecule has 2 aliphatic rings. The van der Waals surface area contributed by atoms with Crippen LogP contribution in [0.15, 0.2) is 0 Å². The second-order valence-electron chi connectivity index (χ2n) is 5.80. The van der Waals surface area contributed by atoms with Crippen molar-refractivity contribution in [3.05, 3.63) is 0 Å². The van der Waals surface area contributed by atoms with Crippen LogP contribution in [0.5, 0.6) is 0 Å². The van der Waals surface area contributed by atoms with Crippen LogP contribution in [-0.2, 0) is 10.0 Å². The third kappa shape index (κ3) is 3.23. The summed E-state index contributed by atoms with van der Waals surface area (Å²) in [5.74, 6) is 0.609. The molecule has 2 fully saturated rings. The van der Waals surface area contributed by atoms with Gasteiger partial charge >= 0.3 is 0 Å². The summed E-state index contributed by atoms with van der Waals surface area (Å²) in [4.78, 5) is 2.51. The monoisotopic (exact) mass is 275 g/mol. The molecule has 0 aromatic carbocycles. The zero-order valence-electron chi connectivity index (χ0n) is 11.4. The number of nitrogens with zero attached hydrogens (tertiary/aromatic N) is 2. The third-order valence-electron chi connectivity index (χ3n) is 4.41. The molecule has 2 aliphatic heterocycles. The van der Waals surface area contributed by atoms with E-state index in [-0.39, 0.29) is 6.04 Å². The number of piperidine rings is 1. The van der Waals surface area contributed by atoms with Crippen LogP contribution in [0.2, 0.25) is 0 Å². The van der Waals surface area contributed by atoms with E-state index in [4.69, 9.17) is 5.73 Å². The van der Waals surface area contributed by atoms with Crippen LogP contribution in [0.25, 0.3) is 0 Å². The normalized spacial score (nSPS) is 30.7. The number of likely N-dealkylation sites (tertiary alicyclic amines) is 1. The molecule has 0 bridgehead atoms. The highest BCUT2D eigenvalue weighted by atomic mass is 32.2. The van der Waals surface area contributed by atoms with Gasteiger partial charge in [-0.15, -0.1) is 0 Å². The predicted octanol–water partition coefficient (Wildman–Crippen LogP) is 0.0795. The molecule has 0 aliphatic carbocycles. The second-order valence-corrected chi connectivity index (χ2v) is 7.78. The van der Waals surface area contributed by atoms with Crippen LogP contribution in [0.3, 0.4) is 0 Å². The van der Waals surface area contributed by atoms with Crippen LogP contribution in [-0.4, -0.2) is 62.1 Å². The topological polar surface area (TPSA) is 66.6 Å². The highest BCUT2D eigenvalue weighted by Gasteiger charge is 2.33. The molecular weight excluding hydrogens is 250 g/mol. The van der Waals surface area contributed by atoms with E-state index < -0.39 is 10.0 Å². The number of hydrogen-bond donors (Lipinski definition) is 1. The average molecular weight is 275 g/mol.